The smallest absolute Gasteiger partial charge is 0.197 e. The molecule has 1 heterocycles. The standard InChI is InChI=1S/C16H10FN3O/c17-10-2-3-14(19)12(6-10)16(21)13-8-20-15-4-1-9(7-18)5-11(13)15/h1-6,8,20H,19H2. The number of hydrogen-bond acceptors (Lipinski definition) is 3. The molecule has 0 fully saturated rings. The van der Waals surface area contributed by atoms with Gasteiger partial charge in [0.1, 0.15) is 5.82 Å². The molecule has 5 heteroatoms. The highest BCUT2D eigenvalue weighted by Gasteiger charge is 2.17. The number of anilines is 1. The van der Waals surface area contributed by atoms with Crippen LogP contribution >= 0.6 is 0 Å². The first kappa shape index (κ1) is 12.9. The van der Waals surface area contributed by atoms with Crippen molar-refractivity contribution in [3.8, 4) is 6.07 Å². The van der Waals surface area contributed by atoms with Gasteiger partial charge in [0.05, 0.1) is 11.6 Å². The van der Waals surface area contributed by atoms with E-state index in [0.29, 0.717) is 16.5 Å². The first-order chi connectivity index (χ1) is 10.1. The lowest BCUT2D eigenvalue weighted by Crippen LogP contribution is -2.05. The number of fused-ring (bicyclic) bond motifs is 1. The number of rotatable bonds is 2. The molecule has 21 heavy (non-hydrogen) atoms. The van der Waals surface area contributed by atoms with Gasteiger partial charge in [0, 0.05) is 33.9 Å². The minimum Gasteiger partial charge on any atom is -0.398 e. The van der Waals surface area contributed by atoms with Crippen LogP contribution in [0.1, 0.15) is 21.5 Å². The molecular weight excluding hydrogens is 269 g/mol. The highest BCUT2D eigenvalue weighted by atomic mass is 19.1. The van der Waals surface area contributed by atoms with Crippen LogP contribution in [0.15, 0.2) is 42.6 Å². The lowest BCUT2D eigenvalue weighted by Gasteiger charge is -2.04. The molecule has 102 valence electrons. The summed E-state index contributed by atoms with van der Waals surface area (Å²) in [5.74, 6) is -0.904. The van der Waals surface area contributed by atoms with Crippen LogP contribution in [0.3, 0.4) is 0 Å². The molecule has 4 nitrogen and oxygen atoms in total. The molecular formula is C16H10FN3O. The maximum absolute atomic E-state index is 13.3. The Morgan fingerprint density at radius 2 is 2.00 bits per heavy atom. The van der Waals surface area contributed by atoms with E-state index in [0.717, 1.165) is 11.6 Å². The van der Waals surface area contributed by atoms with Gasteiger partial charge in [-0.25, -0.2) is 4.39 Å². The number of carbonyl (C=O) groups excluding carboxylic acids is 1. The summed E-state index contributed by atoms with van der Waals surface area (Å²) >= 11 is 0. The fourth-order valence-corrected chi connectivity index (χ4v) is 2.25. The number of aromatic amines is 1. The van der Waals surface area contributed by atoms with Crippen LogP contribution in [0.4, 0.5) is 10.1 Å². The summed E-state index contributed by atoms with van der Waals surface area (Å²) in [4.78, 5) is 15.5. The van der Waals surface area contributed by atoms with E-state index in [1.807, 2.05) is 6.07 Å². The number of nitrogen functional groups attached to an aromatic ring is 1. The minimum atomic E-state index is -0.523. The number of nitrogens with two attached hydrogens (primary N) is 1. The third-order valence-corrected chi connectivity index (χ3v) is 3.32. The van der Waals surface area contributed by atoms with Gasteiger partial charge >= 0.3 is 0 Å². The Balaban J connectivity index is 2.18. The fraction of sp³-hybridized carbons (Fsp3) is 0. The Morgan fingerprint density at radius 3 is 2.76 bits per heavy atom. The number of H-pyrrole nitrogens is 1. The zero-order chi connectivity index (χ0) is 15.0. The van der Waals surface area contributed by atoms with E-state index in [4.69, 9.17) is 11.0 Å². The van der Waals surface area contributed by atoms with Crippen LogP contribution in [-0.4, -0.2) is 10.8 Å². The number of nitriles is 1. The van der Waals surface area contributed by atoms with Crippen molar-refractivity contribution in [1.29, 1.82) is 5.26 Å². The zero-order valence-electron chi connectivity index (χ0n) is 10.9. The second-order valence-corrected chi connectivity index (χ2v) is 4.64. The summed E-state index contributed by atoms with van der Waals surface area (Å²) in [5.41, 5.74) is 7.61. The lowest BCUT2D eigenvalue weighted by atomic mass is 10.0. The first-order valence-electron chi connectivity index (χ1n) is 6.21. The van der Waals surface area contributed by atoms with Gasteiger partial charge in [-0.05, 0) is 36.4 Å². The van der Waals surface area contributed by atoms with E-state index >= 15 is 0 Å². The molecule has 3 rings (SSSR count). The Bertz CT molecular complexity index is 906. The molecule has 0 aliphatic heterocycles. The van der Waals surface area contributed by atoms with Crippen molar-refractivity contribution in [3.63, 3.8) is 0 Å². The average Bonchev–Trinajstić information content (AvgIpc) is 2.91. The molecule has 3 aromatic rings. The van der Waals surface area contributed by atoms with Gasteiger partial charge in [-0.1, -0.05) is 0 Å². The van der Waals surface area contributed by atoms with E-state index in [2.05, 4.69) is 4.98 Å². The highest BCUT2D eigenvalue weighted by molar-refractivity contribution is 6.18. The Morgan fingerprint density at radius 1 is 1.19 bits per heavy atom. The number of nitrogens with one attached hydrogen (secondary N) is 1. The molecule has 3 N–H and O–H groups in total. The Labute approximate surface area is 119 Å². The summed E-state index contributed by atoms with van der Waals surface area (Å²) in [6.45, 7) is 0. The van der Waals surface area contributed by atoms with Crippen LogP contribution in [0.25, 0.3) is 10.9 Å². The van der Waals surface area contributed by atoms with Crippen molar-refractivity contribution in [3.05, 3.63) is 65.1 Å². The van der Waals surface area contributed by atoms with Gasteiger partial charge in [-0.15, -0.1) is 0 Å². The van der Waals surface area contributed by atoms with Gasteiger partial charge in [-0.3, -0.25) is 4.79 Å². The van der Waals surface area contributed by atoms with Gasteiger partial charge in [0.15, 0.2) is 5.78 Å². The van der Waals surface area contributed by atoms with Gasteiger partial charge in [0.25, 0.3) is 0 Å². The molecule has 1 aromatic heterocycles. The summed E-state index contributed by atoms with van der Waals surface area (Å²) < 4.78 is 13.3. The largest absolute Gasteiger partial charge is 0.398 e. The van der Waals surface area contributed by atoms with Crippen LogP contribution in [0.5, 0.6) is 0 Å². The molecule has 2 aromatic carbocycles. The highest BCUT2D eigenvalue weighted by Crippen LogP contribution is 2.25. The van der Waals surface area contributed by atoms with Crippen molar-refractivity contribution in [2.24, 2.45) is 0 Å². The van der Waals surface area contributed by atoms with Crippen LogP contribution in [0.2, 0.25) is 0 Å². The number of carbonyl (C=O) groups is 1. The number of halogens is 1. The first-order valence-corrected chi connectivity index (χ1v) is 6.21. The molecule has 0 atom stereocenters. The van der Waals surface area contributed by atoms with E-state index in [1.54, 1.807) is 24.4 Å². The number of nitrogens with zero attached hydrogens (tertiary/aromatic N) is 1. The molecule has 0 unspecified atom stereocenters. The van der Waals surface area contributed by atoms with E-state index in [-0.39, 0.29) is 17.0 Å². The second kappa shape index (κ2) is 4.76. The molecule has 0 radical (unpaired) electrons. The summed E-state index contributed by atoms with van der Waals surface area (Å²) in [6, 6.07) is 10.7. The molecule has 0 aliphatic carbocycles. The SMILES string of the molecule is N#Cc1ccc2[nH]cc(C(=O)c3cc(F)ccc3N)c2c1. The van der Waals surface area contributed by atoms with Crippen molar-refractivity contribution < 1.29 is 9.18 Å². The van der Waals surface area contributed by atoms with Gasteiger partial charge in [-0.2, -0.15) is 5.26 Å². The van der Waals surface area contributed by atoms with Crippen molar-refractivity contribution in [1.82, 2.24) is 4.98 Å². The minimum absolute atomic E-state index is 0.110. The van der Waals surface area contributed by atoms with E-state index in [1.165, 1.54) is 12.1 Å². The molecule has 0 amide bonds. The fourth-order valence-electron chi connectivity index (χ4n) is 2.25. The van der Waals surface area contributed by atoms with Gasteiger partial charge in [0.2, 0.25) is 0 Å². The number of aromatic nitrogens is 1. The van der Waals surface area contributed by atoms with Crippen LogP contribution < -0.4 is 5.73 Å². The maximum Gasteiger partial charge on any atom is 0.197 e. The Kier molecular flexibility index (Phi) is 2.92. The Hall–Kier alpha value is -3.13. The van der Waals surface area contributed by atoms with E-state index in [9.17, 15) is 9.18 Å². The normalized spacial score (nSPS) is 10.5. The molecule has 0 saturated heterocycles. The molecule has 0 bridgehead atoms. The third kappa shape index (κ3) is 2.13. The lowest BCUT2D eigenvalue weighted by molar-refractivity contribution is 0.104. The molecule has 0 saturated carbocycles. The molecule has 0 spiro atoms. The number of benzene rings is 2. The van der Waals surface area contributed by atoms with Crippen molar-refractivity contribution in [2.75, 3.05) is 5.73 Å². The summed E-state index contributed by atoms with van der Waals surface area (Å²) in [5, 5.41) is 9.56. The van der Waals surface area contributed by atoms with Crippen LogP contribution in [0, 0.1) is 17.1 Å². The summed E-state index contributed by atoms with van der Waals surface area (Å²) in [7, 11) is 0. The molecule has 0 aliphatic rings. The van der Waals surface area contributed by atoms with Crippen molar-refractivity contribution >= 4 is 22.4 Å². The van der Waals surface area contributed by atoms with E-state index < -0.39 is 5.82 Å². The number of ketones is 1. The third-order valence-electron chi connectivity index (χ3n) is 3.32. The average molecular weight is 279 g/mol. The maximum atomic E-state index is 13.3. The number of hydrogen-bond donors (Lipinski definition) is 2. The second-order valence-electron chi connectivity index (χ2n) is 4.64. The van der Waals surface area contributed by atoms with Crippen molar-refractivity contribution in [2.45, 2.75) is 0 Å². The predicted molar refractivity (Wildman–Crippen MR) is 77.3 cm³/mol. The van der Waals surface area contributed by atoms with Crippen LogP contribution in [-0.2, 0) is 0 Å². The quantitative estimate of drug-likeness (QED) is 0.558. The predicted octanol–water partition coefficient (Wildman–Crippen LogP) is 2.99. The van der Waals surface area contributed by atoms with Gasteiger partial charge < -0.3 is 10.7 Å². The monoisotopic (exact) mass is 279 g/mol. The summed E-state index contributed by atoms with van der Waals surface area (Å²) in [6.07, 6.45) is 1.54. The topological polar surface area (TPSA) is 82.7 Å². The zero-order valence-corrected chi connectivity index (χ0v) is 10.9.